The predicted octanol–water partition coefficient (Wildman–Crippen LogP) is 4.43. The number of rotatable bonds is 1. The second-order valence-corrected chi connectivity index (χ2v) is 6.11. The van der Waals surface area contributed by atoms with E-state index in [-0.39, 0.29) is 5.41 Å². The first kappa shape index (κ1) is 13.2. The lowest BCUT2D eigenvalue weighted by molar-refractivity contribution is 0.558. The topological polar surface area (TPSA) is 12.9 Å². The van der Waals surface area contributed by atoms with Gasteiger partial charge in [-0.3, -0.25) is 4.98 Å². The Hall–Kier alpha value is -0.850. The second kappa shape index (κ2) is 4.20. The standard InChI is InChI=1S/C15H25N/c1-9(2)13-10(3)12(5)16-14(11(13)4)15(6,7)8/h9H,1-8H3. The maximum absolute atomic E-state index is 4.79. The molecule has 0 fully saturated rings. The van der Waals surface area contributed by atoms with Gasteiger partial charge in [0.1, 0.15) is 0 Å². The van der Waals surface area contributed by atoms with Crippen LogP contribution in [0.15, 0.2) is 0 Å². The van der Waals surface area contributed by atoms with Crippen LogP contribution in [0.3, 0.4) is 0 Å². The van der Waals surface area contributed by atoms with E-state index in [0.717, 1.165) is 0 Å². The Morgan fingerprint density at radius 3 is 1.81 bits per heavy atom. The molecule has 1 aromatic heterocycles. The quantitative estimate of drug-likeness (QED) is 0.681. The van der Waals surface area contributed by atoms with E-state index in [0.29, 0.717) is 5.92 Å². The molecule has 0 saturated carbocycles. The molecule has 1 aromatic rings. The van der Waals surface area contributed by atoms with Crippen LogP contribution in [0.4, 0.5) is 0 Å². The van der Waals surface area contributed by atoms with Gasteiger partial charge in [-0.15, -0.1) is 0 Å². The van der Waals surface area contributed by atoms with E-state index >= 15 is 0 Å². The van der Waals surface area contributed by atoms with Gasteiger partial charge < -0.3 is 0 Å². The molecule has 90 valence electrons. The van der Waals surface area contributed by atoms with E-state index in [4.69, 9.17) is 4.98 Å². The molecule has 0 amide bonds. The molecule has 1 nitrogen and oxygen atoms in total. The summed E-state index contributed by atoms with van der Waals surface area (Å²) in [6.07, 6.45) is 0. The molecule has 0 bridgehead atoms. The van der Waals surface area contributed by atoms with Crippen LogP contribution in [-0.2, 0) is 5.41 Å². The van der Waals surface area contributed by atoms with Crippen molar-refractivity contribution < 1.29 is 0 Å². The summed E-state index contributed by atoms with van der Waals surface area (Å²) in [5.74, 6) is 0.572. The maximum atomic E-state index is 4.79. The van der Waals surface area contributed by atoms with Crippen molar-refractivity contribution in [2.45, 2.75) is 66.7 Å². The van der Waals surface area contributed by atoms with Crippen LogP contribution in [0, 0.1) is 20.8 Å². The third-order valence-corrected chi connectivity index (χ3v) is 3.27. The number of aryl methyl sites for hydroxylation is 1. The van der Waals surface area contributed by atoms with Gasteiger partial charge in [-0.2, -0.15) is 0 Å². The second-order valence-electron chi connectivity index (χ2n) is 6.11. The minimum Gasteiger partial charge on any atom is -0.257 e. The fourth-order valence-corrected chi connectivity index (χ4v) is 2.54. The van der Waals surface area contributed by atoms with Crippen LogP contribution in [-0.4, -0.2) is 4.98 Å². The van der Waals surface area contributed by atoms with Crippen molar-refractivity contribution in [2.24, 2.45) is 0 Å². The molecule has 0 spiro atoms. The summed E-state index contributed by atoms with van der Waals surface area (Å²) >= 11 is 0. The number of nitrogens with zero attached hydrogens (tertiary/aromatic N) is 1. The van der Waals surface area contributed by atoms with Crippen LogP contribution in [0.5, 0.6) is 0 Å². The fourth-order valence-electron chi connectivity index (χ4n) is 2.54. The normalized spacial score (nSPS) is 12.3. The summed E-state index contributed by atoms with van der Waals surface area (Å²) in [6.45, 7) is 17.8. The van der Waals surface area contributed by atoms with Gasteiger partial charge in [-0.1, -0.05) is 34.6 Å². The number of pyridine rings is 1. The minimum atomic E-state index is 0.131. The van der Waals surface area contributed by atoms with Crippen molar-refractivity contribution in [1.29, 1.82) is 0 Å². The molecule has 0 aromatic carbocycles. The average molecular weight is 219 g/mol. The van der Waals surface area contributed by atoms with E-state index in [1.54, 1.807) is 0 Å². The van der Waals surface area contributed by atoms with Gasteiger partial charge in [0.25, 0.3) is 0 Å². The Bertz CT molecular complexity index is 395. The molecule has 0 aliphatic rings. The highest BCUT2D eigenvalue weighted by molar-refractivity contribution is 5.42. The van der Waals surface area contributed by atoms with E-state index < -0.39 is 0 Å². The van der Waals surface area contributed by atoms with Crippen molar-refractivity contribution in [3.63, 3.8) is 0 Å². The molecule has 1 heterocycles. The molecule has 0 radical (unpaired) electrons. The summed E-state index contributed by atoms with van der Waals surface area (Å²) < 4.78 is 0. The largest absolute Gasteiger partial charge is 0.257 e. The van der Waals surface area contributed by atoms with Crippen molar-refractivity contribution in [1.82, 2.24) is 4.98 Å². The molecule has 0 aliphatic heterocycles. The predicted molar refractivity (Wildman–Crippen MR) is 71.2 cm³/mol. The van der Waals surface area contributed by atoms with E-state index in [1.165, 1.54) is 28.1 Å². The lowest BCUT2D eigenvalue weighted by Gasteiger charge is -2.26. The molecule has 0 unspecified atom stereocenters. The molecule has 0 N–H and O–H groups in total. The van der Waals surface area contributed by atoms with Gasteiger partial charge in [-0.05, 0) is 43.4 Å². The summed E-state index contributed by atoms with van der Waals surface area (Å²) in [5.41, 5.74) is 6.79. The molecule has 0 atom stereocenters. The summed E-state index contributed by atoms with van der Waals surface area (Å²) in [5, 5.41) is 0. The smallest absolute Gasteiger partial charge is 0.0492 e. The third-order valence-electron chi connectivity index (χ3n) is 3.27. The lowest BCUT2D eigenvalue weighted by Crippen LogP contribution is -2.19. The monoisotopic (exact) mass is 219 g/mol. The molecule has 1 rings (SSSR count). The zero-order valence-electron chi connectivity index (χ0n) is 12.0. The zero-order chi connectivity index (χ0) is 12.7. The Morgan fingerprint density at radius 2 is 1.44 bits per heavy atom. The Labute approximate surface area is 100 Å². The molecule has 16 heavy (non-hydrogen) atoms. The average Bonchev–Trinajstić information content (AvgIpc) is 2.09. The van der Waals surface area contributed by atoms with Gasteiger partial charge in [0.05, 0.1) is 0 Å². The number of hydrogen-bond acceptors (Lipinski definition) is 1. The van der Waals surface area contributed by atoms with Gasteiger partial charge in [0.15, 0.2) is 0 Å². The minimum absolute atomic E-state index is 0.131. The number of aromatic nitrogens is 1. The summed E-state index contributed by atoms with van der Waals surface area (Å²) in [6, 6.07) is 0. The number of hydrogen-bond donors (Lipinski definition) is 0. The first-order chi connectivity index (χ1) is 7.16. The van der Waals surface area contributed by atoms with E-state index in [1.807, 2.05) is 0 Å². The molecule has 0 saturated heterocycles. The van der Waals surface area contributed by atoms with Gasteiger partial charge in [0.2, 0.25) is 0 Å². The summed E-state index contributed by atoms with van der Waals surface area (Å²) in [7, 11) is 0. The Balaban J connectivity index is 3.57. The maximum Gasteiger partial charge on any atom is 0.0492 e. The third kappa shape index (κ3) is 2.28. The molecule has 1 heteroatoms. The van der Waals surface area contributed by atoms with Gasteiger partial charge in [0, 0.05) is 16.8 Å². The van der Waals surface area contributed by atoms with Crippen molar-refractivity contribution in [2.75, 3.05) is 0 Å². The van der Waals surface area contributed by atoms with Crippen LogP contribution >= 0.6 is 0 Å². The van der Waals surface area contributed by atoms with Crippen molar-refractivity contribution in [3.8, 4) is 0 Å². The highest BCUT2D eigenvalue weighted by Gasteiger charge is 2.22. The highest BCUT2D eigenvalue weighted by atomic mass is 14.7. The van der Waals surface area contributed by atoms with Crippen molar-refractivity contribution >= 4 is 0 Å². The SMILES string of the molecule is Cc1nc(C(C)(C)C)c(C)c(C(C)C)c1C. The van der Waals surface area contributed by atoms with Crippen LogP contribution < -0.4 is 0 Å². The first-order valence-electron chi connectivity index (χ1n) is 6.14. The lowest BCUT2D eigenvalue weighted by atomic mass is 9.83. The van der Waals surface area contributed by atoms with E-state index in [9.17, 15) is 0 Å². The van der Waals surface area contributed by atoms with Crippen molar-refractivity contribution in [3.05, 3.63) is 28.1 Å². The van der Waals surface area contributed by atoms with Crippen LogP contribution in [0.25, 0.3) is 0 Å². The van der Waals surface area contributed by atoms with Gasteiger partial charge >= 0.3 is 0 Å². The van der Waals surface area contributed by atoms with Crippen LogP contribution in [0.2, 0.25) is 0 Å². The van der Waals surface area contributed by atoms with E-state index in [2.05, 4.69) is 55.4 Å². The molecular weight excluding hydrogens is 194 g/mol. The first-order valence-corrected chi connectivity index (χ1v) is 6.14. The van der Waals surface area contributed by atoms with Crippen LogP contribution in [0.1, 0.15) is 68.6 Å². The Morgan fingerprint density at radius 1 is 0.938 bits per heavy atom. The highest BCUT2D eigenvalue weighted by Crippen LogP contribution is 2.32. The van der Waals surface area contributed by atoms with Gasteiger partial charge in [-0.25, -0.2) is 0 Å². The Kier molecular flexibility index (Phi) is 3.47. The molecule has 0 aliphatic carbocycles. The summed E-state index contributed by atoms with van der Waals surface area (Å²) in [4.78, 5) is 4.79. The zero-order valence-corrected chi connectivity index (χ0v) is 12.0. The molecular formula is C15H25N. The fraction of sp³-hybridized carbons (Fsp3) is 0.667.